The van der Waals surface area contributed by atoms with E-state index in [1.54, 1.807) is 36.4 Å². The third kappa shape index (κ3) is 5.21. The molecule has 0 radical (unpaired) electrons. The minimum absolute atomic E-state index is 0.189. The van der Waals surface area contributed by atoms with Gasteiger partial charge in [-0.1, -0.05) is 38.1 Å². The maximum absolute atomic E-state index is 13.4. The summed E-state index contributed by atoms with van der Waals surface area (Å²) in [4.78, 5) is 4.99. The highest BCUT2D eigenvalue weighted by molar-refractivity contribution is 7.91. The van der Waals surface area contributed by atoms with Gasteiger partial charge in [0, 0.05) is 13.1 Å². The summed E-state index contributed by atoms with van der Waals surface area (Å²) < 4.78 is 30.4. The molecule has 2 heterocycles. The Balaban J connectivity index is 1.56. The lowest BCUT2D eigenvalue weighted by molar-refractivity contribution is 0.286. The third-order valence-corrected chi connectivity index (χ3v) is 8.39. The lowest BCUT2D eigenvalue weighted by Crippen LogP contribution is -2.27. The minimum atomic E-state index is -3.74. The molecule has 4 rings (SSSR count). The van der Waals surface area contributed by atoms with Crippen molar-refractivity contribution in [2.75, 3.05) is 39.3 Å². The second-order valence-electron chi connectivity index (χ2n) is 8.48. The summed E-state index contributed by atoms with van der Waals surface area (Å²) in [6, 6.07) is 10.0. The van der Waals surface area contributed by atoms with Crippen LogP contribution in [0.25, 0.3) is 22.1 Å². The van der Waals surface area contributed by atoms with E-state index >= 15 is 0 Å². The van der Waals surface area contributed by atoms with Crippen LogP contribution >= 0.6 is 0 Å². The standard InChI is InChI=1S/C24H34N8O2S/c1-5-29(6-2)13-15-31-23-11-9-19(17-21(23)25-27-31)35(33,34)20-10-12-24-22(18-20)26-28-32(24)16-14-30(7-3)8-4/h9-12,17-18H,5-8,13-16H2,1-4H3. The number of likely N-dealkylation sites (N-methyl/N-ethyl adjacent to an activating group) is 2. The van der Waals surface area contributed by atoms with Gasteiger partial charge in [-0.15, -0.1) is 10.2 Å². The molecule has 4 aromatic rings. The van der Waals surface area contributed by atoms with Crippen molar-refractivity contribution in [1.82, 2.24) is 39.8 Å². The van der Waals surface area contributed by atoms with Gasteiger partial charge in [0.1, 0.15) is 11.0 Å². The van der Waals surface area contributed by atoms with Crippen molar-refractivity contribution in [1.29, 1.82) is 0 Å². The van der Waals surface area contributed by atoms with Crippen molar-refractivity contribution < 1.29 is 8.42 Å². The molecule has 0 amide bonds. The van der Waals surface area contributed by atoms with Crippen LogP contribution in [-0.2, 0) is 22.9 Å². The van der Waals surface area contributed by atoms with Gasteiger partial charge in [0.2, 0.25) is 9.84 Å². The lowest BCUT2D eigenvalue weighted by Gasteiger charge is -2.17. The van der Waals surface area contributed by atoms with Gasteiger partial charge in [0.15, 0.2) is 0 Å². The molecule has 11 heteroatoms. The average Bonchev–Trinajstić information content (AvgIpc) is 3.48. The number of sulfone groups is 1. The van der Waals surface area contributed by atoms with Crippen LogP contribution in [0.3, 0.4) is 0 Å². The Hall–Kier alpha value is -2.89. The number of aromatic nitrogens is 6. The van der Waals surface area contributed by atoms with E-state index in [0.717, 1.165) is 50.3 Å². The molecule has 0 N–H and O–H groups in total. The molecule has 0 aliphatic heterocycles. The summed E-state index contributed by atoms with van der Waals surface area (Å²) in [5.41, 5.74) is 2.77. The van der Waals surface area contributed by atoms with E-state index in [0.29, 0.717) is 24.1 Å². The summed E-state index contributed by atoms with van der Waals surface area (Å²) >= 11 is 0. The first-order valence-corrected chi connectivity index (χ1v) is 13.8. The average molecular weight is 499 g/mol. The van der Waals surface area contributed by atoms with E-state index in [2.05, 4.69) is 58.1 Å². The predicted molar refractivity (Wildman–Crippen MR) is 136 cm³/mol. The summed E-state index contributed by atoms with van der Waals surface area (Å²) in [7, 11) is -3.74. The molecule has 0 aliphatic rings. The Bertz CT molecular complexity index is 1290. The Labute approximate surface area is 206 Å². The monoisotopic (exact) mass is 498 g/mol. The molecule has 2 aromatic carbocycles. The van der Waals surface area contributed by atoms with E-state index in [4.69, 9.17) is 0 Å². The van der Waals surface area contributed by atoms with Crippen LogP contribution in [0, 0.1) is 0 Å². The van der Waals surface area contributed by atoms with E-state index in [1.807, 2.05) is 9.36 Å². The second kappa shape index (κ2) is 10.8. The first-order valence-electron chi connectivity index (χ1n) is 12.3. The largest absolute Gasteiger partial charge is 0.302 e. The molecule has 2 aromatic heterocycles. The van der Waals surface area contributed by atoms with Crippen LogP contribution in [0.4, 0.5) is 0 Å². The van der Waals surface area contributed by atoms with Crippen LogP contribution in [0.2, 0.25) is 0 Å². The van der Waals surface area contributed by atoms with Crippen LogP contribution in [-0.4, -0.2) is 87.5 Å². The highest BCUT2D eigenvalue weighted by Crippen LogP contribution is 2.26. The van der Waals surface area contributed by atoms with E-state index in [1.165, 1.54) is 0 Å². The Morgan fingerprint density at radius 2 is 1.09 bits per heavy atom. The third-order valence-electron chi connectivity index (χ3n) is 6.64. The van der Waals surface area contributed by atoms with E-state index in [-0.39, 0.29) is 9.79 Å². The van der Waals surface area contributed by atoms with E-state index < -0.39 is 9.84 Å². The number of rotatable bonds is 12. The first kappa shape index (κ1) is 25.2. The maximum atomic E-state index is 13.4. The maximum Gasteiger partial charge on any atom is 0.206 e. The Morgan fingerprint density at radius 3 is 1.46 bits per heavy atom. The van der Waals surface area contributed by atoms with Crippen LogP contribution < -0.4 is 0 Å². The highest BCUT2D eigenvalue weighted by Gasteiger charge is 2.21. The summed E-state index contributed by atoms with van der Waals surface area (Å²) in [6.45, 7) is 15.5. The van der Waals surface area contributed by atoms with Gasteiger partial charge in [-0.25, -0.2) is 17.8 Å². The van der Waals surface area contributed by atoms with Gasteiger partial charge in [-0.05, 0) is 62.6 Å². The van der Waals surface area contributed by atoms with Gasteiger partial charge in [0.25, 0.3) is 0 Å². The van der Waals surface area contributed by atoms with Crippen LogP contribution in [0.15, 0.2) is 46.2 Å². The van der Waals surface area contributed by atoms with Gasteiger partial charge >= 0.3 is 0 Å². The fourth-order valence-electron chi connectivity index (χ4n) is 4.26. The molecule has 0 atom stereocenters. The van der Waals surface area contributed by atoms with Crippen LogP contribution in [0.5, 0.6) is 0 Å². The molecule has 0 unspecified atom stereocenters. The predicted octanol–water partition coefficient (Wildman–Crippen LogP) is 2.69. The van der Waals surface area contributed by atoms with Crippen molar-refractivity contribution >= 4 is 31.9 Å². The molecule has 0 saturated heterocycles. The SMILES string of the molecule is CCN(CC)CCn1nnc2cc(S(=O)(=O)c3ccc4c(c3)nnn4CCN(CC)CC)ccc21. The molecule has 0 fully saturated rings. The Kier molecular flexibility index (Phi) is 7.78. The summed E-state index contributed by atoms with van der Waals surface area (Å²) in [6.07, 6.45) is 0. The molecular formula is C24H34N8O2S. The van der Waals surface area contributed by atoms with Crippen molar-refractivity contribution in [3.05, 3.63) is 36.4 Å². The number of hydrogen-bond acceptors (Lipinski definition) is 8. The number of fused-ring (bicyclic) bond motifs is 2. The zero-order valence-corrected chi connectivity index (χ0v) is 21.7. The van der Waals surface area contributed by atoms with Gasteiger partial charge in [0.05, 0.1) is 33.9 Å². The fraction of sp³-hybridized carbons (Fsp3) is 0.500. The van der Waals surface area contributed by atoms with Crippen LogP contribution in [0.1, 0.15) is 27.7 Å². The fourth-order valence-corrected chi connectivity index (χ4v) is 5.56. The van der Waals surface area contributed by atoms with Gasteiger partial charge < -0.3 is 9.80 Å². The molecule has 0 saturated carbocycles. The zero-order valence-electron chi connectivity index (χ0n) is 20.9. The molecule has 10 nitrogen and oxygen atoms in total. The molecule has 0 bridgehead atoms. The zero-order chi connectivity index (χ0) is 25.0. The first-order chi connectivity index (χ1) is 16.9. The number of nitrogens with zero attached hydrogens (tertiary/aromatic N) is 8. The van der Waals surface area contributed by atoms with E-state index in [9.17, 15) is 8.42 Å². The van der Waals surface area contributed by atoms with Crippen molar-refractivity contribution in [2.45, 2.75) is 50.6 Å². The quantitative estimate of drug-likeness (QED) is 0.294. The topological polar surface area (TPSA) is 102 Å². The lowest BCUT2D eigenvalue weighted by atomic mass is 10.3. The molecule has 0 spiro atoms. The summed E-state index contributed by atoms with van der Waals surface area (Å²) in [5, 5.41) is 16.9. The number of hydrogen-bond donors (Lipinski definition) is 0. The van der Waals surface area contributed by atoms with Gasteiger partial charge in [-0.3, -0.25) is 0 Å². The summed E-state index contributed by atoms with van der Waals surface area (Å²) in [5.74, 6) is 0. The molecular weight excluding hydrogens is 464 g/mol. The minimum Gasteiger partial charge on any atom is -0.302 e. The molecule has 0 aliphatic carbocycles. The molecule has 35 heavy (non-hydrogen) atoms. The highest BCUT2D eigenvalue weighted by atomic mass is 32.2. The van der Waals surface area contributed by atoms with Crippen molar-refractivity contribution in [3.63, 3.8) is 0 Å². The smallest absolute Gasteiger partial charge is 0.206 e. The Morgan fingerprint density at radius 1 is 0.686 bits per heavy atom. The normalized spacial score (nSPS) is 12.5. The number of benzene rings is 2. The second-order valence-corrected chi connectivity index (χ2v) is 10.4. The van der Waals surface area contributed by atoms with Crippen molar-refractivity contribution in [3.8, 4) is 0 Å². The molecule has 188 valence electrons. The van der Waals surface area contributed by atoms with Crippen molar-refractivity contribution in [2.24, 2.45) is 0 Å². The van der Waals surface area contributed by atoms with Gasteiger partial charge in [-0.2, -0.15) is 0 Å².